The van der Waals surface area contributed by atoms with E-state index in [4.69, 9.17) is 5.11 Å². The minimum atomic E-state index is -1.28. The largest absolute Gasteiger partial charge is 0.480 e. The maximum absolute atomic E-state index is 12.3. The summed E-state index contributed by atoms with van der Waals surface area (Å²) in [6.07, 6.45) is 0. The Bertz CT molecular complexity index is 423. The van der Waals surface area contributed by atoms with Crippen LogP contribution in [0.3, 0.4) is 0 Å². The number of carboxylic acid groups (broad SMARTS) is 2. The van der Waals surface area contributed by atoms with Crippen molar-refractivity contribution in [2.45, 2.75) is 33.7 Å². The van der Waals surface area contributed by atoms with Gasteiger partial charge in [0.25, 0.3) is 0 Å². The Morgan fingerprint density at radius 2 is 1.62 bits per heavy atom. The fourth-order valence-electron chi connectivity index (χ4n) is 1.83. The maximum atomic E-state index is 12.3. The SMILES string of the molecule is CC(=O)SCC(C)C(=O)N(CC(=O)O)[C@H](C(=O)O)C(C)C. The smallest absolute Gasteiger partial charge is 0.326 e. The lowest BCUT2D eigenvalue weighted by molar-refractivity contribution is -0.157. The standard InChI is InChI=1S/C13H21NO6S/c1-7(2)11(13(19)20)14(5-10(16)17)12(18)8(3)6-21-9(4)15/h7-8,11H,5-6H2,1-4H3,(H,16,17)(H,19,20)/t8?,11-/m0/s1. The van der Waals surface area contributed by atoms with E-state index in [0.717, 1.165) is 16.7 Å². The number of amides is 1. The Hall–Kier alpha value is -1.57. The predicted molar refractivity (Wildman–Crippen MR) is 77.9 cm³/mol. The summed E-state index contributed by atoms with van der Waals surface area (Å²) in [5, 5.41) is 18.0. The Morgan fingerprint density at radius 1 is 1.10 bits per heavy atom. The van der Waals surface area contributed by atoms with Gasteiger partial charge in [-0.25, -0.2) is 4.79 Å². The van der Waals surface area contributed by atoms with Gasteiger partial charge in [-0.3, -0.25) is 14.4 Å². The van der Waals surface area contributed by atoms with Crippen molar-refractivity contribution in [3.05, 3.63) is 0 Å². The average Bonchev–Trinajstić information content (AvgIpc) is 2.32. The zero-order chi connectivity index (χ0) is 16.7. The van der Waals surface area contributed by atoms with Crippen molar-refractivity contribution in [2.24, 2.45) is 11.8 Å². The Balaban J connectivity index is 5.20. The number of carbonyl (C=O) groups is 4. The van der Waals surface area contributed by atoms with Crippen LogP contribution in [0.5, 0.6) is 0 Å². The molecule has 0 saturated heterocycles. The molecule has 1 amide bonds. The molecule has 0 heterocycles. The summed E-state index contributed by atoms with van der Waals surface area (Å²) in [5.74, 6) is -3.98. The van der Waals surface area contributed by atoms with E-state index in [0.29, 0.717) is 0 Å². The second kappa shape index (κ2) is 8.66. The summed E-state index contributed by atoms with van der Waals surface area (Å²) in [5.41, 5.74) is 0. The monoisotopic (exact) mass is 319 g/mol. The highest BCUT2D eigenvalue weighted by Gasteiger charge is 2.35. The first-order chi connectivity index (χ1) is 9.57. The first kappa shape index (κ1) is 19.4. The summed E-state index contributed by atoms with van der Waals surface area (Å²) in [4.78, 5) is 46.3. The van der Waals surface area contributed by atoms with Gasteiger partial charge in [0.05, 0.1) is 0 Å². The van der Waals surface area contributed by atoms with Crippen LogP contribution in [-0.2, 0) is 19.2 Å². The van der Waals surface area contributed by atoms with Gasteiger partial charge >= 0.3 is 11.9 Å². The van der Waals surface area contributed by atoms with Gasteiger partial charge in [-0.2, -0.15) is 0 Å². The number of nitrogens with zero attached hydrogens (tertiary/aromatic N) is 1. The minimum Gasteiger partial charge on any atom is -0.480 e. The third kappa shape index (κ3) is 6.61. The van der Waals surface area contributed by atoms with E-state index in [1.54, 1.807) is 20.8 Å². The lowest BCUT2D eigenvalue weighted by Crippen LogP contribution is -2.52. The Morgan fingerprint density at radius 3 is 1.95 bits per heavy atom. The Labute approximate surface area is 127 Å². The molecule has 0 aliphatic heterocycles. The van der Waals surface area contributed by atoms with E-state index in [9.17, 15) is 24.3 Å². The van der Waals surface area contributed by atoms with E-state index in [2.05, 4.69) is 0 Å². The third-order valence-electron chi connectivity index (χ3n) is 2.77. The fourth-order valence-corrected chi connectivity index (χ4v) is 2.46. The van der Waals surface area contributed by atoms with Crippen LogP contribution in [0.2, 0.25) is 0 Å². The van der Waals surface area contributed by atoms with Crippen molar-refractivity contribution in [3.8, 4) is 0 Å². The molecule has 8 heteroatoms. The molecule has 0 aromatic heterocycles. The molecule has 0 aliphatic rings. The van der Waals surface area contributed by atoms with Gasteiger partial charge in [0.15, 0.2) is 5.12 Å². The van der Waals surface area contributed by atoms with Crippen molar-refractivity contribution >= 4 is 34.7 Å². The molecule has 0 aromatic rings. The molecule has 21 heavy (non-hydrogen) atoms. The van der Waals surface area contributed by atoms with E-state index in [1.165, 1.54) is 6.92 Å². The van der Waals surface area contributed by atoms with Crippen LogP contribution in [0.4, 0.5) is 0 Å². The van der Waals surface area contributed by atoms with E-state index < -0.39 is 42.3 Å². The predicted octanol–water partition coefficient (Wildman–Crippen LogP) is 0.925. The van der Waals surface area contributed by atoms with Gasteiger partial charge in [-0.1, -0.05) is 32.5 Å². The van der Waals surface area contributed by atoms with Crippen molar-refractivity contribution in [1.29, 1.82) is 0 Å². The summed E-state index contributed by atoms with van der Waals surface area (Å²) in [6, 6.07) is -1.21. The van der Waals surface area contributed by atoms with Gasteiger partial charge in [0.2, 0.25) is 5.91 Å². The normalized spacial score (nSPS) is 13.6. The van der Waals surface area contributed by atoms with Crippen LogP contribution in [0.1, 0.15) is 27.7 Å². The molecule has 0 aliphatic carbocycles. The zero-order valence-electron chi connectivity index (χ0n) is 12.5. The minimum absolute atomic E-state index is 0.155. The van der Waals surface area contributed by atoms with Crippen molar-refractivity contribution in [2.75, 3.05) is 12.3 Å². The Kier molecular flexibility index (Phi) is 8.01. The zero-order valence-corrected chi connectivity index (χ0v) is 13.3. The van der Waals surface area contributed by atoms with Crippen LogP contribution < -0.4 is 0 Å². The molecule has 0 bridgehead atoms. The van der Waals surface area contributed by atoms with Crippen LogP contribution in [0.15, 0.2) is 0 Å². The third-order valence-corrected chi connectivity index (χ3v) is 3.84. The number of carbonyl (C=O) groups excluding carboxylic acids is 2. The summed E-state index contributed by atoms with van der Waals surface area (Å²) < 4.78 is 0. The second-order valence-corrected chi connectivity index (χ2v) is 6.29. The van der Waals surface area contributed by atoms with Gasteiger partial charge in [-0.05, 0) is 5.92 Å². The highest BCUT2D eigenvalue weighted by Crippen LogP contribution is 2.18. The molecule has 2 N–H and O–H groups in total. The van der Waals surface area contributed by atoms with Gasteiger partial charge in [0.1, 0.15) is 12.6 Å². The van der Waals surface area contributed by atoms with Crippen molar-refractivity contribution < 1.29 is 29.4 Å². The number of rotatable bonds is 8. The molecule has 0 saturated carbocycles. The summed E-state index contributed by atoms with van der Waals surface area (Å²) in [7, 11) is 0. The molecule has 120 valence electrons. The van der Waals surface area contributed by atoms with E-state index in [-0.39, 0.29) is 10.9 Å². The van der Waals surface area contributed by atoms with Crippen molar-refractivity contribution in [3.63, 3.8) is 0 Å². The van der Waals surface area contributed by atoms with Gasteiger partial charge in [0, 0.05) is 18.6 Å². The van der Waals surface area contributed by atoms with Crippen molar-refractivity contribution in [1.82, 2.24) is 4.90 Å². The fraction of sp³-hybridized carbons (Fsp3) is 0.692. The number of carboxylic acids is 2. The molecule has 1 unspecified atom stereocenters. The first-order valence-electron chi connectivity index (χ1n) is 6.46. The molecular weight excluding hydrogens is 298 g/mol. The van der Waals surface area contributed by atoms with Crippen LogP contribution in [-0.4, -0.2) is 56.4 Å². The first-order valence-corrected chi connectivity index (χ1v) is 7.44. The van der Waals surface area contributed by atoms with Crippen LogP contribution >= 0.6 is 11.8 Å². The highest BCUT2D eigenvalue weighted by atomic mass is 32.2. The number of thioether (sulfide) groups is 1. The molecule has 0 aromatic carbocycles. The quantitative estimate of drug-likeness (QED) is 0.684. The lowest BCUT2D eigenvalue weighted by Gasteiger charge is -2.32. The second-order valence-electron chi connectivity index (χ2n) is 5.09. The lowest BCUT2D eigenvalue weighted by atomic mass is 10.0. The van der Waals surface area contributed by atoms with Crippen LogP contribution in [0.25, 0.3) is 0 Å². The summed E-state index contributed by atoms with van der Waals surface area (Å²) in [6.45, 7) is 5.45. The van der Waals surface area contributed by atoms with Gasteiger partial charge < -0.3 is 15.1 Å². The number of hydrogen-bond acceptors (Lipinski definition) is 5. The molecule has 7 nitrogen and oxygen atoms in total. The molecule has 0 rings (SSSR count). The maximum Gasteiger partial charge on any atom is 0.326 e. The molecular formula is C13H21NO6S. The van der Waals surface area contributed by atoms with Gasteiger partial charge in [-0.15, -0.1) is 0 Å². The van der Waals surface area contributed by atoms with E-state index >= 15 is 0 Å². The number of hydrogen-bond donors (Lipinski definition) is 2. The highest BCUT2D eigenvalue weighted by molar-refractivity contribution is 8.13. The average molecular weight is 319 g/mol. The van der Waals surface area contributed by atoms with Crippen LogP contribution in [0, 0.1) is 11.8 Å². The molecule has 2 atom stereocenters. The molecule has 0 radical (unpaired) electrons. The topological polar surface area (TPSA) is 112 Å². The number of aliphatic carboxylic acids is 2. The summed E-state index contributed by atoms with van der Waals surface area (Å²) >= 11 is 0.951. The molecule has 0 fully saturated rings. The van der Waals surface area contributed by atoms with E-state index in [1.807, 2.05) is 0 Å². The molecule has 0 spiro atoms.